The highest BCUT2D eigenvalue weighted by molar-refractivity contribution is 5.76. The van der Waals surface area contributed by atoms with Crippen molar-refractivity contribution < 1.29 is 14.6 Å². The van der Waals surface area contributed by atoms with Gasteiger partial charge >= 0.3 is 5.97 Å². The normalized spacial score (nSPS) is 11.3. The monoisotopic (exact) mass is 379 g/mol. The average Bonchev–Trinajstić information content (AvgIpc) is 2.72. The van der Waals surface area contributed by atoms with Crippen molar-refractivity contribution in [3.05, 3.63) is 29.8 Å². The van der Waals surface area contributed by atoms with Crippen LogP contribution in [0.5, 0.6) is 5.75 Å². The maximum absolute atomic E-state index is 12.4. The Labute approximate surface area is 164 Å². The van der Waals surface area contributed by atoms with E-state index in [0.717, 1.165) is 5.56 Å². The summed E-state index contributed by atoms with van der Waals surface area (Å²) in [7, 11) is 1.27. The molecule has 0 aliphatic rings. The van der Waals surface area contributed by atoms with E-state index < -0.39 is 23.8 Å². The number of ether oxygens (including phenoxy) is 1. The number of rotatable bonds is 10. The minimum atomic E-state index is -0.822. The quantitative estimate of drug-likeness (QED) is 0.606. The Morgan fingerprint density at radius 3 is 1.86 bits per heavy atom. The third kappa shape index (κ3) is 6.96. The molecule has 1 rings (SSSR count). The highest BCUT2D eigenvalue weighted by Gasteiger charge is 2.28. The predicted molar refractivity (Wildman–Crippen MR) is 97.9 cm³/mol. The van der Waals surface area contributed by atoms with Gasteiger partial charge in [-0.3, -0.25) is 9.69 Å². The number of nitrogens with zero attached hydrogens (tertiary/aromatic N) is 5. The van der Waals surface area contributed by atoms with E-state index in [1.165, 1.54) is 19.2 Å². The van der Waals surface area contributed by atoms with Crippen molar-refractivity contribution in [2.75, 3.05) is 20.2 Å². The Kier molecular flexibility index (Phi) is 9.55. The number of phenols is 1. The Morgan fingerprint density at radius 1 is 1.00 bits per heavy atom. The zero-order valence-electron chi connectivity index (χ0n) is 15.6. The Hall–Kier alpha value is -3.59. The summed E-state index contributed by atoms with van der Waals surface area (Å²) in [5.41, 5.74) is 0.785. The molecule has 0 aliphatic heterocycles. The van der Waals surface area contributed by atoms with E-state index in [2.05, 4.69) is 0 Å². The number of methoxy groups -OCH3 is 1. The first kappa shape index (κ1) is 22.5. The van der Waals surface area contributed by atoms with Gasteiger partial charge in [0.1, 0.15) is 23.6 Å². The highest BCUT2D eigenvalue weighted by Crippen LogP contribution is 2.17. The van der Waals surface area contributed by atoms with Crippen LogP contribution in [0.3, 0.4) is 0 Å². The minimum absolute atomic E-state index is 0.104. The van der Waals surface area contributed by atoms with E-state index in [4.69, 9.17) is 25.8 Å². The van der Waals surface area contributed by atoms with Crippen molar-refractivity contribution >= 4 is 5.97 Å². The largest absolute Gasteiger partial charge is 0.508 e. The first-order valence-corrected chi connectivity index (χ1v) is 8.67. The lowest BCUT2D eigenvalue weighted by molar-refractivity contribution is -0.147. The predicted octanol–water partition coefficient (Wildman–Crippen LogP) is 1.89. The van der Waals surface area contributed by atoms with Crippen molar-refractivity contribution in [2.24, 2.45) is 11.8 Å². The molecule has 0 amide bonds. The fourth-order valence-corrected chi connectivity index (χ4v) is 2.68. The van der Waals surface area contributed by atoms with Gasteiger partial charge in [-0.05, 0) is 37.0 Å². The van der Waals surface area contributed by atoms with Gasteiger partial charge in [-0.15, -0.1) is 0 Å². The zero-order chi connectivity index (χ0) is 20.9. The molecule has 0 aliphatic carbocycles. The van der Waals surface area contributed by atoms with E-state index in [-0.39, 0.29) is 38.1 Å². The van der Waals surface area contributed by atoms with Crippen LogP contribution >= 0.6 is 0 Å². The van der Waals surface area contributed by atoms with E-state index in [1.54, 1.807) is 17.0 Å². The van der Waals surface area contributed by atoms with E-state index in [9.17, 15) is 9.90 Å². The summed E-state index contributed by atoms with van der Waals surface area (Å²) in [6.45, 7) is 0.514. The van der Waals surface area contributed by atoms with Gasteiger partial charge in [0.25, 0.3) is 0 Å². The number of esters is 1. The van der Waals surface area contributed by atoms with Gasteiger partial charge in [-0.1, -0.05) is 12.1 Å². The number of nitriles is 4. The van der Waals surface area contributed by atoms with Crippen LogP contribution < -0.4 is 0 Å². The lowest BCUT2D eigenvalue weighted by atomic mass is 10.0. The second kappa shape index (κ2) is 11.9. The summed E-state index contributed by atoms with van der Waals surface area (Å²) < 4.78 is 4.92. The molecular formula is C20H21N5O3. The Morgan fingerprint density at radius 2 is 1.46 bits per heavy atom. The summed E-state index contributed by atoms with van der Waals surface area (Å²) in [5, 5.41) is 45.4. The number of phenolic OH excluding ortho intramolecular Hbond substituents is 1. The van der Waals surface area contributed by atoms with Gasteiger partial charge in [0.15, 0.2) is 0 Å². The molecule has 8 nitrogen and oxygen atoms in total. The number of benzene rings is 1. The molecule has 1 aromatic rings. The van der Waals surface area contributed by atoms with Crippen LogP contribution in [0.1, 0.15) is 18.4 Å². The number of carbonyl (C=O) groups excluding carboxylic acids is 1. The third-order valence-corrected chi connectivity index (χ3v) is 4.31. The lowest BCUT2D eigenvalue weighted by Crippen LogP contribution is -2.45. The molecule has 0 aromatic heterocycles. The van der Waals surface area contributed by atoms with Crippen LogP contribution in [-0.2, 0) is 16.0 Å². The smallest absolute Gasteiger partial charge is 0.323 e. The Bertz CT molecular complexity index is 747. The molecule has 0 heterocycles. The fraction of sp³-hybridized carbons (Fsp3) is 0.450. The maximum Gasteiger partial charge on any atom is 0.323 e. The van der Waals surface area contributed by atoms with Gasteiger partial charge in [-0.25, -0.2) is 0 Å². The van der Waals surface area contributed by atoms with E-state index in [1.807, 2.05) is 24.3 Å². The van der Waals surface area contributed by atoms with Crippen LogP contribution in [0.25, 0.3) is 0 Å². The van der Waals surface area contributed by atoms with Crippen molar-refractivity contribution in [3.8, 4) is 30.0 Å². The molecular weight excluding hydrogens is 358 g/mol. The van der Waals surface area contributed by atoms with Crippen LogP contribution in [-0.4, -0.2) is 42.2 Å². The molecule has 0 fully saturated rings. The molecule has 1 atom stereocenters. The molecule has 0 saturated heterocycles. The van der Waals surface area contributed by atoms with Gasteiger partial charge in [0, 0.05) is 13.1 Å². The molecule has 1 aromatic carbocycles. The first-order valence-electron chi connectivity index (χ1n) is 8.67. The zero-order valence-corrected chi connectivity index (χ0v) is 15.6. The van der Waals surface area contributed by atoms with Crippen LogP contribution in [0.4, 0.5) is 0 Å². The molecule has 0 spiro atoms. The van der Waals surface area contributed by atoms with E-state index in [0.29, 0.717) is 0 Å². The SMILES string of the molecule is COC(=O)[C@H](Cc1ccc(O)cc1)N(CCC(C#N)C#N)CCC(C#N)C#N. The second-order valence-corrected chi connectivity index (χ2v) is 6.14. The molecule has 144 valence electrons. The molecule has 0 radical (unpaired) electrons. The van der Waals surface area contributed by atoms with Crippen LogP contribution in [0.15, 0.2) is 24.3 Å². The summed E-state index contributed by atoms with van der Waals surface area (Å²) in [6.07, 6.45) is 0.722. The van der Waals surface area contributed by atoms with Crippen LogP contribution in [0.2, 0.25) is 0 Å². The van der Waals surface area contributed by atoms with E-state index >= 15 is 0 Å². The van der Waals surface area contributed by atoms with Gasteiger partial charge in [0.2, 0.25) is 0 Å². The van der Waals surface area contributed by atoms with Crippen LogP contribution in [0, 0.1) is 57.2 Å². The fourth-order valence-electron chi connectivity index (χ4n) is 2.68. The lowest BCUT2D eigenvalue weighted by Gasteiger charge is -2.30. The number of carbonyl (C=O) groups is 1. The molecule has 0 unspecified atom stereocenters. The van der Waals surface area contributed by atoms with Crippen molar-refractivity contribution in [3.63, 3.8) is 0 Å². The molecule has 1 N–H and O–H groups in total. The molecule has 28 heavy (non-hydrogen) atoms. The molecule has 8 heteroatoms. The minimum Gasteiger partial charge on any atom is -0.508 e. The summed E-state index contributed by atoms with van der Waals surface area (Å²) >= 11 is 0. The van der Waals surface area contributed by atoms with Gasteiger partial charge in [-0.2, -0.15) is 21.0 Å². The summed E-state index contributed by atoms with van der Waals surface area (Å²) in [4.78, 5) is 14.2. The number of aromatic hydroxyl groups is 1. The standard InChI is InChI=1S/C20H21N5O3/c1-28-20(27)19(10-15-2-4-18(26)5-3-15)25(8-6-16(11-21)12-22)9-7-17(13-23)14-24/h2-5,16-17,19,26H,6-10H2,1H3/t19-/m0/s1. The van der Waals surface area contributed by atoms with Crippen molar-refractivity contribution in [1.82, 2.24) is 4.90 Å². The summed E-state index contributed by atoms with van der Waals surface area (Å²) in [5.74, 6) is -2.04. The second-order valence-electron chi connectivity index (χ2n) is 6.14. The maximum atomic E-state index is 12.4. The van der Waals surface area contributed by atoms with Crippen molar-refractivity contribution in [2.45, 2.75) is 25.3 Å². The highest BCUT2D eigenvalue weighted by atomic mass is 16.5. The number of hydrogen-bond donors (Lipinski definition) is 1. The third-order valence-electron chi connectivity index (χ3n) is 4.31. The van der Waals surface area contributed by atoms with Gasteiger partial charge < -0.3 is 9.84 Å². The molecule has 0 saturated carbocycles. The average molecular weight is 379 g/mol. The van der Waals surface area contributed by atoms with Gasteiger partial charge in [0.05, 0.1) is 31.4 Å². The Balaban J connectivity index is 3.06. The summed E-state index contributed by atoms with van der Waals surface area (Å²) in [6, 6.07) is 13.3. The number of hydrogen-bond acceptors (Lipinski definition) is 8. The van der Waals surface area contributed by atoms with Crippen molar-refractivity contribution in [1.29, 1.82) is 21.0 Å². The topological polar surface area (TPSA) is 145 Å². The first-order chi connectivity index (χ1) is 13.5. The molecule has 0 bridgehead atoms.